The van der Waals surface area contributed by atoms with Crippen LogP contribution >= 0.6 is 0 Å². The molecule has 106 valence electrons. The van der Waals surface area contributed by atoms with Crippen molar-refractivity contribution in [2.45, 2.75) is 20.0 Å². The Labute approximate surface area is 113 Å². The van der Waals surface area contributed by atoms with Crippen molar-refractivity contribution >= 4 is 12.9 Å². The largest absolute Gasteiger partial charge is 0.631 e. The third kappa shape index (κ3) is 6.51. The Kier molecular flexibility index (Phi) is 7.59. The van der Waals surface area contributed by atoms with E-state index in [2.05, 4.69) is 6.58 Å². The molecule has 19 heavy (non-hydrogen) atoms. The molecule has 5 N–H and O–H groups in total. The third-order valence-electron chi connectivity index (χ3n) is 2.62. The Morgan fingerprint density at radius 3 is 2.00 bits per heavy atom. The quantitative estimate of drug-likeness (QED) is 0.496. The van der Waals surface area contributed by atoms with E-state index in [4.69, 9.17) is 20.2 Å². The van der Waals surface area contributed by atoms with E-state index in [9.17, 15) is 5.11 Å². The number of hydrogen-bond acceptors (Lipinski definition) is 5. The van der Waals surface area contributed by atoms with Gasteiger partial charge in [-0.05, 0) is 11.1 Å². The molecule has 0 saturated heterocycles. The second-order valence-corrected chi connectivity index (χ2v) is 4.79. The molecular weight excluding hydrogens is 247 g/mol. The van der Waals surface area contributed by atoms with Gasteiger partial charge in [-0.2, -0.15) is 0 Å². The monoisotopic (exact) mass is 268 g/mol. The lowest BCUT2D eigenvalue weighted by Gasteiger charge is -2.29. The first kappa shape index (κ1) is 17.8. The summed E-state index contributed by atoms with van der Waals surface area (Å²) in [4.78, 5) is 0. The van der Waals surface area contributed by atoms with Crippen LogP contribution in [0.3, 0.4) is 0 Å². The van der Waals surface area contributed by atoms with E-state index in [1.165, 1.54) is 0 Å². The lowest BCUT2D eigenvalue weighted by molar-refractivity contribution is 0.0445. The van der Waals surface area contributed by atoms with Gasteiger partial charge in [0.05, 0.1) is 12.7 Å². The van der Waals surface area contributed by atoms with E-state index in [1.54, 1.807) is 0 Å². The SMILES string of the molecule is C=C(c1ccccc1)C(O)C(C)(C)CO.OB(O)O. The van der Waals surface area contributed by atoms with Gasteiger partial charge in [0.25, 0.3) is 0 Å². The van der Waals surface area contributed by atoms with E-state index in [1.807, 2.05) is 44.2 Å². The van der Waals surface area contributed by atoms with Gasteiger partial charge in [0.1, 0.15) is 0 Å². The molecule has 0 saturated carbocycles. The number of rotatable bonds is 4. The fourth-order valence-electron chi connectivity index (χ4n) is 1.37. The molecule has 0 aliphatic heterocycles. The summed E-state index contributed by atoms with van der Waals surface area (Å²) < 4.78 is 0. The highest BCUT2D eigenvalue weighted by Crippen LogP contribution is 2.29. The molecule has 0 aliphatic rings. The van der Waals surface area contributed by atoms with Crippen LogP contribution < -0.4 is 0 Å². The summed E-state index contributed by atoms with van der Waals surface area (Å²) in [5.74, 6) is 0. The fraction of sp³-hybridized carbons (Fsp3) is 0.385. The van der Waals surface area contributed by atoms with Crippen molar-refractivity contribution in [1.29, 1.82) is 0 Å². The molecule has 5 nitrogen and oxygen atoms in total. The highest BCUT2D eigenvalue weighted by molar-refractivity contribution is 6.30. The van der Waals surface area contributed by atoms with Crippen molar-refractivity contribution in [3.8, 4) is 0 Å². The van der Waals surface area contributed by atoms with Crippen LogP contribution in [-0.4, -0.2) is 45.3 Å². The summed E-state index contributed by atoms with van der Waals surface area (Å²) >= 11 is 0. The molecule has 0 aromatic heterocycles. The van der Waals surface area contributed by atoms with Crippen LogP contribution in [0.25, 0.3) is 5.57 Å². The van der Waals surface area contributed by atoms with Gasteiger partial charge in [0.15, 0.2) is 0 Å². The minimum atomic E-state index is -2.17. The molecule has 0 spiro atoms. The van der Waals surface area contributed by atoms with Crippen molar-refractivity contribution in [3.05, 3.63) is 42.5 Å². The van der Waals surface area contributed by atoms with Crippen molar-refractivity contribution in [1.82, 2.24) is 0 Å². The van der Waals surface area contributed by atoms with Crippen LogP contribution in [0, 0.1) is 5.41 Å². The van der Waals surface area contributed by atoms with Crippen LogP contribution in [0.5, 0.6) is 0 Å². The van der Waals surface area contributed by atoms with Crippen molar-refractivity contribution in [2.24, 2.45) is 5.41 Å². The fourth-order valence-corrected chi connectivity index (χ4v) is 1.37. The van der Waals surface area contributed by atoms with Gasteiger partial charge < -0.3 is 25.3 Å². The van der Waals surface area contributed by atoms with E-state index in [-0.39, 0.29) is 6.61 Å². The zero-order chi connectivity index (χ0) is 15.1. The minimum Gasteiger partial charge on any atom is -0.402 e. The third-order valence-corrected chi connectivity index (χ3v) is 2.62. The summed E-state index contributed by atoms with van der Waals surface area (Å²) in [7, 11) is -2.17. The smallest absolute Gasteiger partial charge is 0.402 e. The summed E-state index contributed by atoms with van der Waals surface area (Å²) in [6.07, 6.45) is -0.732. The molecule has 0 aliphatic carbocycles. The molecule has 1 aromatic carbocycles. The van der Waals surface area contributed by atoms with Gasteiger partial charge in [-0.3, -0.25) is 0 Å². The number of hydrogen-bond donors (Lipinski definition) is 5. The summed E-state index contributed by atoms with van der Waals surface area (Å²) in [5, 5.41) is 40.7. The zero-order valence-corrected chi connectivity index (χ0v) is 11.2. The molecule has 0 bridgehead atoms. The Bertz CT molecular complexity index is 375. The Morgan fingerprint density at radius 1 is 1.21 bits per heavy atom. The van der Waals surface area contributed by atoms with E-state index >= 15 is 0 Å². The van der Waals surface area contributed by atoms with Gasteiger partial charge in [-0.25, -0.2) is 0 Å². The van der Waals surface area contributed by atoms with Gasteiger partial charge in [0, 0.05) is 5.41 Å². The van der Waals surface area contributed by atoms with Crippen LogP contribution in [-0.2, 0) is 0 Å². The van der Waals surface area contributed by atoms with Crippen LogP contribution in [0.2, 0.25) is 0 Å². The lowest BCUT2D eigenvalue weighted by Crippen LogP contribution is -2.33. The molecular formula is C13H21BO5. The number of aliphatic hydroxyl groups excluding tert-OH is 2. The first-order valence-electron chi connectivity index (χ1n) is 5.79. The number of benzene rings is 1. The van der Waals surface area contributed by atoms with E-state index < -0.39 is 18.8 Å². The molecule has 1 aromatic rings. The maximum atomic E-state index is 10.0. The van der Waals surface area contributed by atoms with E-state index in [0.717, 1.165) is 5.56 Å². The molecule has 0 amide bonds. The molecule has 0 fully saturated rings. The van der Waals surface area contributed by atoms with Crippen molar-refractivity contribution < 1.29 is 25.3 Å². The topological polar surface area (TPSA) is 101 Å². The van der Waals surface area contributed by atoms with Gasteiger partial charge in [-0.15, -0.1) is 0 Å². The Balaban J connectivity index is 0.000000711. The highest BCUT2D eigenvalue weighted by Gasteiger charge is 2.29. The summed E-state index contributed by atoms with van der Waals surface area (Å²) in [6.45, 7) is 7.43. The second-order valence-electron chi connectivity index (χ2n) is 4.79. The van der Waals surface area contributed by atoms with Gasteiger partial charge in [0.2, 0.25) is 0 Å². The van der Waals surface area contributed by atoms with Gasteiger partial charge in [-0.1, -0.05) is 50.8 Å². The molecule has 1 unspecified atom stereocenters. The molecule has 1 atom stereocenters. The molecule has 6 heteroatoms. The maximum absolute atomic E-state index is 10.0. The van der Waals surface area contributed by atoms with Crippen LogP contribution in [0.4, 0.5) is 0 Å². The van der Waals surface area contributed by atoms with Gasteiger partial charge >= 0.3 is 7.32 Å². The van der Waals surface area contributed by atoms with Crippen LogP contribution in [0.1, 0.15) is 19.4 Å². The Morgan fingerprint density at radius 2 is 1.63 bits per heavy atom. The summed E-state index contributed by atoms with van der Waals surface area (Å²) in [5.41, 5.74) is 0.994. The van der Waals surface area contributed by atoms with E-state index in [0.29, 0.717) is 5.57 Å². The molecule has 0 heterocycles. The zero-order valence-electron chi connectivity index (χ0n) is 11.2. The predicted octanol–water partition coefficient (Wildman–Crippen LogP) is 0.0274. The molecule has 0 radical (unpaired) electrons. The predicted molar refractivity (Wildman–Crippen MR) is 74.8 cm³/mol. The maximum Gasteiger partial charge on any atom is 0.631 e. The average molecular weight is 268 g/mol. The summed E-state index contributed by atoms with van der Waals surface area (Å²) in [6, 6.07) is 9.52. The Hall–Kier alpha value is -1.18. The molecule has 1 rings (SSSR count). The minimum absolute atomic E-state index is 0.0694. The van der Waals surface area contributed by atoms with Crippen LogP contribution in [0.15, 0.2) is 36.9 Å². The second kappa shape index (κ2) is 8.09. The average Bonchev–Trinajstić information content (AvgIpc) is 2.37. The first-order chi connectivity index (χ1) is 8.72. The first-order valence-corrected chi connectivity index (χ1v) is 5.79. The standard InChI is InChI=1S/C13H18O2.BH3O3/c1-10(11-7-5-4-6-8-11)12(15)13(2,3)9-14;2-1(3)4/h4-8,12,14-15H,1,9H2,2-3H3;2-4H. The van der Waals surface area contributed by atoms with Crippen molar-refractivity contribution in [2.75, 3.05) is 6.61 Å². The highest BCUT2D eigenvalue weighted by atomic mass is 16.5. The lowest BCUT2D eigenvalue weighted by atomic mass is 9.81. The number of aliphatic hydroxyl groups is 2. The van der Waals surface area contributed by atoms with Crippen molar-refractivity contribution in [3.63, 3.8) is 0 Å². The normalized spacial score (nSPS) is 12.2.